The van der Waals surface area contributed by atoms with Gasteiger partial charge in [-0.2, -0.15) is 0 Å². The van der Waals surface area contributed by atoms with Gasteiger partial charge < -0.3 is 15.5 Å². The Morgan fingerprint density at radius 1 is 1.11 bits per heavy atom. The third-order valence-corrected chi connectivity index (χ3v) is 5.07. The topological polar surface area (TPSA) is 32.5 Å². The summed E-state index contributed by atoms with van der Waals surface area (Å²) in [6.45, 7) is 4.74. The Hall–Kier alpha value is -0.120. The quantitative estimate of drug-likeness (QED) is 0.829. The van der Waals surface area contributed by atoms with Gasteiger partial charge in [-0.25, -0.2) is 0 Å². The summed E-state index contributed by atoms with van der Waals surface area (Å²) in [5.74, 6) is 1.73. The van der Waals surface area contributed by atoms with Crippen molar-refractivity contribution in [1.82, 2.24) is 9.80 Å². The average molecular weight is 253 g/mol. The van der Waals surface area contributed by atoms with Gasteiger partial charge in [-0.15, -0.1) is 0 Å². The molecule has 1 saturated carbocycles. The number of likely N-dealkylation sites (tertiary alicyclic amines) is 1. The molecule has 106 valence electrons. The van der Waals surface area contributed by atoms with Gasteiger partial charge in [0.05, 0.1) is 0 Å². The predicted molar refractivity (Wildman–Crippen MR) is 77.7 cm³/mol. The van der Waals surface area contributed by atoms with Crippen LogP contribution in [0.3, 0.4) is 0 Å². The number of rotatable bonds is 4. The van der Waals surface area contributed by atoms with Crippen LogP contribution >= 0.6 is 0 Å². The lowest BCUT2D eigenvalue weighted by Crippen LogP contribution is -2.46. The first-order valence-corrected chi connectivity index (χ1v) is 7.78. The maximum absolute atomic E-state index is 5.77. The molecule has 3 heteroatoms. The van der Waals surface area contributed by atoms with E-state index < -0.39 is 0 Å². The van der Waals surface area contributed by atoms with E-state index in [1.807, 2.05) is 0 Å². The molecule has 0 aromatic rings. The smallest absolute Gasteiger partial charge is 0.0220 e. The van der Waals surface area contributed by atoms with Gasteiger partial charge in [-0.3, -0.25) is 0 Å². The van der Waals surface area contributed by atoms with Crippen LogP contribution in [0.4, 0.5) is 0 Å². The predicted octanol–water partition coefficient (Wildman–Crippen LogP) is 1.78. The van der Waals surface area contributed by atoms with Crippen LogP contribution in [-0.2, 0) is 0 Å². The lowest BCUT2D eigenvalue weighted by atomic mass is 9.81. The van der Waals surface area contributed by atoms with Crippen LogP contribution in [-0.4, -0.2) is 56.1 Å². The number of piperidine rings is 1. The molecule has 0 radical (unpaired) electrons. The van der Waals surface area contributed by atoms with Crippen molar-refractivity contribution in [3.63, 3.8) is 0 Å². The van der Waals surface area contributed by atoms with E-state index in [0.717, 1.165) is 24.4 Å². The Kier molecular flexibility index (Phi) is 5.46. The summed E-state index contributed by atoms with van der Waals surface area (Å²) in [5.41, 5.74) is 5.77. The van der Waals surface area contributed by atoms with E-state index in [2.05, 4.69) is 23.9 Å². The average Bonchev–Trinajstić information content (AvgIpc) is 2.39. The van der Waals surface area contributed by atoms with Crippen LogP contribution in [0.2, 0.25) is 0 Å². The minimum atomic E-state index is 0.788. The van der Waals surface area contributed by atoms with E-state index in [9.17, 15) is 0 Å². The fraction of sp³-hybridized carbons (Fsp3) is 1.00. The standard InChI is InChI=1S/C15H31N3/c1-17-9-3-4-15(12-17)18(2)11-14-7-5-13(10-16)6-8-14/h13-15H,3-12,16H2,1-2H3. The third kappa shape index (κ3) is 3.94. The molecule has 2 aliphatic rings. The van der Waals surface area contributed by atoms with Gasteiger partial charge in [-0.1, -0.05) is 0 Å². The highest BCUT2D eigenvalue weighted by Gasteiger charge is 2.25. The fourth-order valence-electron chi connectivity index (χ4n) is 3.71. The summed E-state index contributed by atoms with van der Waals surface area (Å²) in [4.78, 5) is 5.11. The Morgan fingerprint density at radius 2 is 1.78 bits per heavy atom. The molecule has 1 aliphatic heterocycles. The summed E-state index contributed by atoms with van der Waals surface area (Å²) < 4.78 is 0. The lowest BCUT2D eigenvalue weighted by Gasteiger charge is -2.38. The molecule has 3 nitrogen and oxygen atoms in total. The van der Waals surface area contributed by atoms with Crippen molar-refractivity contribution >= 4 is 0 Å². The Balaban J connectivity index is 1.72. The normalized spacial score (nSPS) is 35.0. The highest BCUT2D eigenvalue weighted by Crippen LogP contribution is 2.29. The summed E-state index contributed by atoms with van der Waals surface area (Å²) in [5, 5.41) is 0. The van der Waals surface area contributed by atoms with Crippen LogP contribution in [0, 0.1) is 11.8 Å². The monoisotopic (exact) mass is 253 g/mol. The van der Waals surface area contributed by atoms with Gasteiger partial charge in [0.2, 0.25) is 0 Å². The molecular weight excluding hydrogens is 222 g/mol. The molecule has 18 heavy (non-hydrogen) atoms. The third-order valence-electron chi connectivity index (χ3n) is 5.07. The van der Waals surface area contributed by atoms with Crippen molar-refractivity contribution in [3.8, 4) is 0 Å². The van der Waals surface area contributed by atoms with E-state index >= 15 is 0 Å². The minimum Gasteiger partial charge on any atom is -0.330 e. The van der Waals surface area contributed by atoms with E-state index in [4.69, 9.17) is 5.73 Å². The second-order valence-corrected chi connectivity index (χ2v) is 6.62. The van der Waals surface area contributed by atoms with Crippen molar-refractivity contribution in [1.29, 1.82) is 0 Å². The van der Waals surface area contributed by atoms with Gasteiger partial charge in [-0.05, 0) is 77.5 Å². The molecule has 0 aromatic heterocycles. The second-order valence-electron chi connectivity index (χ2n) is 6.62. The number of hydrogen-bond donors (Lipinski definition) is 1. The molecule has 2 N–H and O–H groups in total. The van der Waals surface area contributed by atoms with Gasteiger partial charge in [0.25, 0.3) is 0 Å². The van der Waals surface area contributed by atoms with E-state index in [0.29, 0.717) is 0 Å². The number of likely N-dealkylation sites (N-methyl/N-ethyl adjacent to an activating group) is 2. The van der Waals surface area contributed by atoms with Crippen LogP contribution in [0.5, 0.6) is 0 Å². The summed E-state index contributed by atoms with van der Waals surface area (Å²) in [7, 11) is 4.59. The summed E-state index contributed by atoms with van der Waals surface area (Å²) in [6.07, 6.45) is 8.27. The van der Waals surface area contributed by atoms with E-state index in [-0.39, 0.29) is 0 Å². The number of nitrogens with zero attached hydrogens (tertiary/aromatic N) is 2. The van der Waals surface area contributed by atoms with Crippen molar-refractivity contribution in [3.05, 3.63) is 0 Å². The van der Waals surface area contributed by atoms with E-state index in [1.54, 1.807) is 0 Å². The Bertz CT molecular complexity index is 236. The molecule has 1 unspecified atom stereocenters. The highest BCUT2D eigenvalue weighted by atomic mass is 15.2. The zero-order valence-electron chi connectivity index (χ0n) is 12.3. The first-order valence-electron chi connectivity index (χ1n) is 7.78. The molecule has 1 atom stereocenters. The highest BCUT2D eigenvalue weighted by molar-refractivity contribution is 4.81. The first-order chi connectivity index (χ1) is 8.69. The van der Waals surface area contributed by atoms with Crippen LogP contribution in [0.15, 0.2) is 0 Å². The minimum absolute atomic E-state index is 0.788. The van der Waals surface area contributed by atoms with Gasteiger partial charge in [0.15, 0.2) is 0 Å². The molecule has 0 aromatic carbocycles. The SMILES string of the molecule is CN1CCCC(N(C)CC2CCC(CN)CC2)C1. The van der Waals surface area contributed by atoms with Crippen LogP contribution in [0.25, 0.3) is 0 Å². The van der Waals surface area contributed by atoms with Gasteiger partial charge in [0, 0.05) is 19.1 Å². The van der Waals surface area contributed by atoms with Crippen LogP contribution < -0.4 is 5.73 Å². The fourth-order valence-corrected chi connectivity index (χ4v) is 3.71. The second kappa shape index (κ2) is 6.88. The molecule has 1 heterocycles. The molecule has 1 aliphatic carbocycles. The maximum Gasteiger partial charge on any atom is 0.0220 e. The van der Waals surface area contributed by atoms with Crippen molar-refractivity contribution < 1.29 is 0 Å². The van der Waals surface area contributed by atoms with Crippen molar-refractivity contribution in [2.45, 2.75) is 44.6 Å². The molecule has 0 spiro atoms. The van der Waals surface area contributed by atoms with Crippen molar-refractivity contribution in [2.24, 2.45) is 17.6 Å². The number of nitrogens with two attached hydrogens (primary N) is 1. The van der Waals surface area contributed by atoms with Crippen molar-refractivity contribution in [2.75, 3.05) is 40.3 Å². The molecule has 0 bridgehead atoms. The summed E-state index contributed by atoms with van der Waals surface area (Å²) in [6, 6.07) is 0.788. The number of hydrogen-bond acceptors (Lipinski definition) is 3. The zero-order chi connectivity index (χ0) is 13.0. The molecule has 2 fully saturated rings. The Morgan fingerprint density at radius 3 is 2.39 bits per heavy atom. The van der Waals surface area contributed by atoms with E-state index in [1.165, 1.54) is 58.2 Å². The largest absolute Gasteiger partial charge is 0.330 e. The summed E-state index contributed by atoms with van der Waals surface area (Å²) >= 11 is 0. The zero-order valence-corrected chi connectivity index (χ0v) is 12.3. The molecular formula is C15H31N3. The molecule has 1 saturated heterocycles. The maximum atomic E-state index is 5.77. The van der Waals surface area contributed by atoms with Crippen LogP contribution in [0.1, 0.15) is 38.5 Å². The van der Waals surface area contributed by atoms with Gasteiger partial charge in [0.1, 0.15) is 0 Å². The van der Waals surface area contributed by atoms with Gasteiger partial charge >= 0.3 is 0 Å². The lowest BCUT2D eigenvalue weighted by molar-refractivity contribution is 0.107. The first kappa shape index (κ1) is 14.3. The Labute approximate surface area is 113 Å². The molecule has 0 amide bonds. The molecule has 2 rings (SSSR count).